The Hall–Kier alpha value is -2.08. The molecule has 0 saturated carbocycles. The molecule has 0 atom stereocenters. The van der Waals surface area contributed by atoms with Crippen molar-refractivity contribution in [3.8, 4) is 0 Å². The van der Waals surface area contributed by atoms with Crippen molar-refractivity contribution < 1.29 is 9.59 Å². The molecular weight excluding hydrogens is 352 g/mol. The maximum absolute atomic E-state index is 12.9. The highest BCUT2D eigenvalue weighted by Crippen LogP contribution is 2.25. The lowest BCUT2D eigenvalue weighted by atomic mass is 9.90. The van der Waals surface area contributed by atoms with Crippen LogP contribution in [0.3, 0.4) is 0 Å². The van der Waals surface area contributed by atoms with Gasteiger partial charge in [-0.1, -0.05) is 12.8 Å². The molecule has 1 N–H and O–H groups in total. The van der Waals surface area contributed by atoms with Gasteiger partial charge in [-0.2, -0.15) is 0 Å². The van der Waals surface area contributed by atoms with Crippen molar-refractivity contribution in [2.45, 2.75) is 39.5 Å². The number of benzene rings is 1. The Labute approximate surface area is 168 Å². The molecule has 2 amide bonds. The highest BCUT2D eigenvalue weighted by Gasteiger charge is 2.39. The summed E-state index contributed by atoms with van der Waals surface area (Å²) in [5.41, 5.74) is 0.839. The van der Waals surface area contributed by atoms with Gasteiger partial charge in [-0.3, -0.25) is 9.59 Å². The average Bonchev–Trinajstić information content (AvgIpc) is 2.98. The molecule has 6 heteroatoms. The lowest BCUT2D eigenvalue weighted by Crippen LogP contribution is -2.47. The van der Waals surface area contributed by atoms with Crippen LogP contribution >= 0.6 is 0 Å². The van der Waals surface area contributed by atoms with Crippen LogP contribution in [0.1, 0.15) is 39.5 Å². The molecule has 154 valence electrons. The first-order valence-corrected chi connectivity index (χ1v) is 10.5. The molecule has 0 unspecified atom stereocenters. The zero-order chi connectivity index (χ0) is 20.1. The van der Waals surface area contributed by atoms with Gasteiger partial charge < -0.3 is 20.0 Å². The van der Waals surface area contributed by atoms with E-state index in [4.69, 9.17) is 0 Å². The van der Waals surface area contributed by atoms with E-state index in [2.05, 4.69) is 22.2 Å². The van der Waals surface area contributed by atoms with Crippen LogP contribution in [0.4, 0.5) is 11.4 Å². The summed E-state index contributed by atoms with van der Waals surface area (Å²) in [7, 11) is 2.14. The second-order valence-corrected chi connectivity index (χ2v) is 8.62. The highest BCUT2D eigenvalue weighted by molar-refractivity contribution is 6.09. The standard InChI is InChI=1S/C22H34N4O2/c1-22(2,21(28)26-12-6-4-5-7-13-26)20(27)23-18-8-10-19(11-9-18)25-16-14-24(3)15-17-25/h8-11H,4-7,12-17H2,1-3H3,(H,23,27). The summed E-state index contributed by atoms with van der Waals surface area (Å²) in [6.07, 6.45) is 4.38. The number of carbonyl (C=O) groups is 2. The number of nitrogens with one attached hydrogen (secondary N) is 1. The first kappa shape index (κ1) is 20.6. The van der Waals surface area contributed by atoms with Gasteiger partial charge in [0.1, 0.15) is 5.41 Å². The molecule has 28 heavy (non-hydrogen) atoms. The Morgan fingerprint density at radius 2 is 1.43 bits per heavy atom. The van der Waals surface area contributed by atoms with Crippen molar-refractivity contribution in [3.63, 3.8) is 0 Å². The molecule has 1 aromatic carbocycles. The minimum Gasteiger partial charge on any atom is -0.369 e. The molecule has 0 radical (unpaired) electrons. The second kappa shape index (κ2) is 8.95. The van der Waals surface area contributed by atoms with E-state index in [1.165, 1.54) is 5.69 Å². The second-order valence-electron chi connectivity index (χ2n) is 8.62. The zero-order valence-electron chi connectivity index (χ0n) is 17.5. The molecule has 0 spiro atoms. The summed E-state index contributed by atoms with van der Waals surface area (Å²) >= 11 is 0. The Balaban J connectivity index is 1.60. The van der Waals surface area contributed by atoms with E-state index < -0.39 is 5.41 Å². The van der Waals surface area contributed by atoms with Crippen LogP contribution in [0.2, 0.25) is 0 Å². The van der Waals surface area contributed by atoms with Crippen molar-refractivity contribution in [1.82, 2.24) is 9.80 Å². The molecule has 6 nitrogen and oxygen atoms in total. The molecule has 1 aromatic rings. The Bertz CT molecular complexity index is 670. The summed E-state index contributed by atoms with van der Waals surface area (Å²) in [6.45, 7) is 9.13. The van der Waals surface area contributed by atoms with Crippen LogP contribution < -0.4 is 10.2 Å². The SMILES string of the molecule is CN1CCN(c2ccc(NC(=O)C(C)(C)C(=O)N3CCCCCC3)cc2)CC1. The third-order valence-corrected chi connectivity index (χ3v) is 5.99. The van der Waals surface area contributed by atoms with Gasteiger partial charge in [0.05, 0.1) is 0 Å². The lowest BCUT2D eigenvalue weighted by molar-refractivity contribution is -0.146. The van der Waals surface area contributed by atoms with Crippen LogP contribution in [0.5, 0.6) is 0 Å². The van der Waals surface area contributed by atoms with Crippen molar-refractivity contribution in [1.29, 1.82) is 0 Å². The van der Waals surface area contributed by atoms with E-state index in [1.807, 2.05) is 29.2 Å². The van der Waals surface area contributed by atoms with E-state index in [1.54, 1.807) is 13.8 Å². The number of piperazine rings is 1. The van der Waals surface area contributed by atoms with E-state index in [9.17, 15) is 9.59 Å². The fourth-order valence-corrected chi connectivity index (χ4v) is 3.87. The zero-order valence-corrected chi connectivity index (χ0v) is 17.5. The Morgan fingerprint density at radius 3 is 2.00 bits per heavy atom. The molecule has 2 aliphatic rings. The number of anilines is 2. The van der Waals surface area contributed by atoms with Gasteiger partial charge in [0.15, 0.2) is 0 Å². The van der Waals surface area contributed by atoms with Gasteiger partial charge in [0.2, 0.25) is 11.8 Å². The van der Waals surface area contributed by atoms with Crippen LogP contribution in [0.25, 0.3) is 0 Å². The van der Waals surface area contributed by atoms with Gasteiger partial charge in [0.25, 0.3) is 0 Å². The van der Waals surface area contributed by atoms with E-state index in [0.29, 0.717) is 0 Å². The molecule has 2 saturated heterocycles. The number of likely N-dealkylation sites (tertiary alicyclic amines) is 1. The van der Waals surface area contributed by atoms with Crippen LogP contribution in [-0.4, -0.2) is 67.9 Å². The van der Waals surface area contributed by atoms with Crippen molar-refractivity contribution in [2.75, 3.05) is 56.5 Å². The summed E-state index contributed by atoms with van der Waals surface area (Å²) < 4.78 is 0. The topological polar surface area (TPSA) is 55.9 Å². The minimum absolute atomic E-state index is 0.0686. The summed E-state index contributed by atoms with van der Waals surface area (Å²) in [5, 5.41) is 2.94. The van der Waals surface area contributed by atoms with Gasteiger partial charge in [-0.15, -0.1) is 0 Å². The first-order valence-electron chi connectivity index (χ1n) is 10.5. The number of carbonyl (C=O) groups excluding carboxylic acids is 2. The number of likely N-dealkylation sites (N-methyl/N-ethyl adjacent to an activating group) is 1. The van der Waals surface area contributed by atoms with Gasteiger partial charge >= 0.3 is 0 Å². The third-order valence-electron chi connectivity index (χ3n) is 5.99. The fourth-order valence-electron chi connectivity index (χ4n) is 3.87. The molecule has 3 rings (SSSR count). The highest BCUT2D eigenvalue weighted by atomic mass is 16.2. The average molecular weight is 387 g/mol. The van der Waals surface area contributed by atoms with E-state index in [0.717, 1.165) is 70.6 Å². The predicted octanol–water partition coefficient (Wildman–Crippen LogP) is 2.81. The summed E-state index contributed by atoms with van der Waals surface area (Å²) in [5.74, 6) is -0.310. The molecule has 0 bridgehead atoms. The molecule has 2 aliphatic heterocycles. The third kappa shape index (κ3) is 4.85. The van der Waals surface area contributed by atoms with Crippen molar-refractivity contribution >= 4 is 23.2 Å². The van der Waals surface area contributed by atoms with Crippen molar-refractivity contribution in [2.24, 2.45) is 5.41 Å². The maximum Gasteiger partial charge on any atom is 0.239 e. The molecule has 2 fully saturated rings. The summed E-state index contributed by atoms with van der Waals surface area (Å²) in [4.78, 5) is 32.3. The van der Waals surface area contributed by atoms with Crippen LogP contribution in [0, 0.1) is 5.41 Å². The van der Waals surface area contributed by atoms with Crippen molar-refractivity contribution in [3.05, 3.63) is 24.3 Å². The fraction of sp³-hybridized carbons (Fsp3) is 0.636. The Morgan fingerprint density at radius 1 is 0.857 bits per heavy atom. The number of nitrogens with zero attached hydrogens (tertiary/aromatic N) is 3. The molecular formula is C22H34N4O2. The number of amides is 2. The molecule has 2 heterocycles. The largest absolute Gasteiger partial charge is 0.369 e. The predicted molar refractivity (Wildman–Crippen MR) is 114 cm³/mol. The van der Waals surface area contributed by atoms with Gasteiger partial charge in [0, 0.05) is 50.6 Å². The van der Waals surface area contributed by atoms with Gasteiger partial charge in [-0.05, 0) is 58.0 Å². The van der Waals surface area contributed by atoms with Crippen LogP contribution in [-0.2, 0) is 9.59 Å². The van der Waals surface area contributed by atoms with Crippen LogP contribution in [0.15, 0.2) is 24.3 Å². The number of hydrogen-bond donors (Lipinski definition) is 1. The summed E-state index contributed by atoms with van der Waals surface area (Å²) in [6, 6.07) is 7.95. The normalized spacial score (nSPS) is 19.2. The quantitative estimate of drug-likeness (QED) is 0.809. The van der Waals surface area contributed by atoms with E-state index in [-0.39, 0.29) is 11.8 Å². The smallest absolute Gasteiger partial charge is 0.239 e. The Kier molecular flexibility index (Phi) is 6.60. The number of rotatable bonds is 4. The number of hydrogen-bond acceptors (Lipinski definition) is 4. The van der Waals surface area contributed by atoms with E-state index >= 15 is 0 Å². The monoisotopic (exact) mass is 386 g/mol. The molecule has 0 aliphatic carbocycles. The molecule has 0 aromatic heterocycles. The van der Waals surface area contributed by atoms with Gasteiger partial charge in [-0.25, -0.2) is 0 Å². The maximum atomic E-state index is 12.9. The first-order chi connectivity index (χ1) is 13.4. The lowest BCUT2D eigenvalue weighted by Gasteiger charge is -2.34. The minimum atomic E-state index is -1.07.